The fourth-order valence-corrected chi connectivity index (χ4v) is 3.08. The van der Waals surface area contributed by atoms with Crippen molar-refractivity contribution in [1.82, 2.24) is 14.9 Å². The normalized spacial score (nSPS) is 15.0. The molecular formula is C16H15ClF3N3O3. The van der Waals surface area contributed by atoms with E-state index < -0.39 is 17.6 Å². The van der Waals surface area contributed by atoms with Gasteiger partial charge in [-0.05, 0) is 11.6 Å². The molecule has 2 heterocycles. The molecule has 140 valence electrons. The number of aromatic hydroxyl groups is 1. The molecule has 0 bridgehead atoms. The second-order valence-corrected chi connectivity index (χ2v) is 6.27. The van der Waals surface area contributed by atoms with E-state index in [1.54, 1.807) is 17.1 Å². The fraction of sp³-hybridized carbons (Fsp3) is 0.375. The number of ether oxygens (including phenoxy) is 1. The number of halogens is 4. The van der Waals surface area contributed by atoms with Gasteiger partial charge in [-0.1, -0.05) is 17.7 Å². The summed E-state index contributed by atoms with van der Waals surface area (Å²) < 4.78 is 43.2. The molecule has 26 heavy (non-hydrogen) atoms. The SMILES string of the molecule is COc1ccc(CN2CCc3nc(C(F)(F)F)[nH]c(=O)c3C2)c(Cl)c1O. The lowest BCUT2D eigenvalue weighted by Crippen LogP contribution is -2.36. The summed E-state index contributed by atoms with van der Waals surface area (Å²) in [5.74, 6) is -1.22. The number of alkyl halides is 3. The number of phenolic OH excluding ortho intramolecular Hbond substituents is 1. The van der Waals surface area contributed by atoms with Crippen molar-refractivity contribution in [3.05, 3.63) is 50.2 Å². The predicted octanol–water partition coefficient (Wildman–Crippen LogP) is 2.71. The first-order chi connectivity index (χ1) is 12.2. The number of fused-ring (bicyclic) bond motifs is 1. The highest BCUT2D eigenvalue weighted by molar-refractivity contribution is 6.33. The summed E-state index contributed by atoms with van der Waals surface area (Å²) >= 11 is 6.14. The molecule has 0 fully saturated rings. The zero-order valence-corrected chi connectivity index (χ0v) is 14.4. The minimum absolute atomic E-state index is 0.134. The second kappa shape index (κ2) is 6.81. The summed E-state index contributed by atoms with van der Waals surface area (Å²) in [5.41, 5.74) is 0.180. The average Bonchev–Trinajstić information content (AvgIpc) is 2.59. The highest BCUT2D eigenvalue weighted by atomic mass is 35.5. The summed E-state index contributed by atoms with van der Waals surface area (Å²) in [5, 5.41) is 10.1. The largest absolute Gasteiger partial charge is 0.503 e. The van der Waals surface area contributed by atoms with E-state index in [0.29, 0.717) is 18.7 Å². The molecule has 0 atom stereocenters. The monoisotopic (exact) mass is 389 g/mol. The van der Waals surface area contributed by atoms with Crippen LogP contribution >= 0.6 is 11.6 Å². The van der Waals surface area contributed by atoms with E-state index in [-0.39, 0.29) is 40.7 Å². The predicted molar refractivity (Wildman–Crippen MR) is 87.3 cm³/mol. The van der Waals surface area contributed by atoms with Crippen LogP contribution in [0.3, 0.4) is 0 Å². The Hall–Kier alpha value is -2.26. The molecule has 2 N–H and O–H groups in total. The van der Waals surface area contributed by atoms with E-state index in [1.807, 2.05) is 4.90 Å². The standard InChI is InChI=1S/C16H15ClF3N3O3/c1-26-11-3-2-8(12(17)13(11)24)6-23-5-4-10-9(7-23)14(25)22-15(21-10)16(18,19)20/h2-3,24H,4-7H2,1H3,(H,21,22,25). The first kappa shape index (κ1) is 18.5. The zero-order valence-electron chi connectivity index (χ0n) is 13.7. The smallest absolute Gasteiger partial charge is 0.449 e. The molecule has 6 nitrogen and oxygen atoms in total. The fourth-order valence-electron chi connectivity index (χ4n) is 2.87. The number of phenols is 1. The van der Waals surface area contributed by atoms with Gasteiger partial charge in [-0.2, -0.15) is 13.2 Å². The van der Waals surface area contributed by atoms with Crippen LogP contribution in [0.1, 0.15) is 22.6 Å². The number of H-pyrrole nitrogens is 1. The Morgan fingerprint density at radius 1 is 1.42 bits per heavy atom. The van der Waals surface area contributed by atoms with Crippen LogP contribution in [-0.2, 0) is 25.7 Å². The molecule has 0 saturated heterocycles. The molecule has 1 aliphatic heterocycles. The summed E-state index contributed by atoms with van der Waals surface area (Å²) in [6.45, 7) is 0.860. The molecule has 1 aromatic carbocycles. The van der Waals surface area contributed by atoms with Gasteiger partial charge < -0.3 is 14.8 Å². The third-order valence-corrected chi connectivity index (χ3v) is 4.61. The Kier molecular flexibility index (Phi) is 4.85. The molecule has 1 aliphatic rings. The minimum Gasteiger partial charge on any atom is -0.503 e. The number of aromatic nitrogens is 2. The Morgan fingerprint density at radius 3 is 2.81 bits per heavy atom. The van der Waals surface area contributed by atoms with Crippen molar-refractivity contribution in [2.45, 2.75) is 25.7 Å². The van der Waals surface area contributed by atoms with Gasteiger partial charge in [0.2, 0.25) is 5.82 Å². The summed E-state index contributed by atoms with van der Waals surface area (Å²) in [7, 11) is 1.40. The molecule has 2 aromatic rings. The third-order valence-electron chi connectivity index (χ3n) is 4.19. The first-order valence-electron chi connectivity index (χ1n) is 7.66. The number of methoxy groups -OCH3 is 1. The van der Waals surface area contributed by atoms with Crippen molar-refractivity contribution < 1.29 is 23.0 Å². The Morgan fingerprint density at radius 2 is 2.15 bits per heavy atom. The van der Waals surface area contributed by atoms with Crippen LogP contribution in [-0.4, -0.2) is 33.6 Å². The van der Waals surface area contributed by atoms with Crippen molar-refractivity contribution >= 4 is 11.6 Å². The van der Waals surface area contributed by atoms with Crippen LogP contribution in [0.25, 0.3) is 0 Å². The third kappa shape index (κ3) is 3.49. The molecule has 0 radical (unpaired) electrons. The number of hydrogen-bond acceptors (Lipinski definition) is 5. The number of aromatic amines is 1. The average molecular weight is 390 g/mol. The van der Waals surface area contributed by atoms with Gasteiger partial charge in [-0.15, -0.1) is 0 Å². The van der Waals surface area contributed by atoms with E-state index in [2.05, 4.69) is 4.98 Å². The molecule has 0 aliphatic carbocycles. The quantitative estimate of drug-likeness (QED) is 0.844. The second-order valence-electron chi connectivity index (χ2n) is 5.89. The van der Waals surface area contributed by atoms with Crippen LogP contribution in [0.5, 0.6) is 11.5 Å². The number of rotatable bonds is 3. The van der Waals surface area contributed by atoms with Crippen molar-refractivity contribution in [3.63, 3.8) is 0 Å². The molecule has 0 unspecified atom stereocenters. The van der Waals surface area contributed by atoms with E-state index >= 15 is 0 Å². The van der Waals surface area contributed by atoms with Gasteiger partial charge in [0, 0.05) is 26.1 Å². The Labute approximate surface area is 151 Å². The van der Waals surface area contributed by atoms with E-state index in [0.717, 1.165) is 0 Å². The van der Waals surface area contributed by atoms with E-state index in [9.17, 15) is 23.1 Å². The first-order valence-corrected chi connectivity index (χ1v) is 8.04. The molecular weight excluding hydrogens is 375 g/mol. The topological polar surface area (TPSA) is 78.5 Å². The van der Waals surface area contributed by atoms with Crippen molar-refractivity contribution in [1.29, 1.82) is 0 Å². The molecule has 0 spiro atoms. The Balaban J connectivity index is 1.84. The van der Waals surface area contributed by atoms with E-state index in [4.69, 9.17) is 16.3 Å². The van der Waals surface area contributed by atoms with Crippen LogP contribution in [0.15, 0.2) is 16.9 Å². The molecule has 1 aromatic heterocycles. The highest BCUT2D eigenvalue weighted by Crippen LogP contribution is 2.37. The zero-order chi connectivity index (χ0) is 19.1. The molecule has 3 rings (SSSR count). The number of nitrogens with one attached hydrogen (secondary N) is 1. The highest BCUT2D eigenvalue weighted by Gasteiger charge is 2.36. The van der Waals surface area contributed by atoms with Crippen LogP contribution in [0, 0.1) is 0 Å². The number of benzene rings is 1. The lowest BCUT2D eigenvalue weighted by atomic mass is 10.1. The molecule has 0 saturated carbocycles. The number of nitrogens with zero attached hydrogens (tertiary/aromatic N) is 2. The maximum absolute atomic E-state index is 12.8. The summed E-state index contributed by atoms with van der Waals surface area (Å²) in [4.78, 5) is 19.2. The maximum atomic E-state index is 12.8. The summed E-state index contributed by atoms with van der Waals surface area (Å²) in [6.07, 6.45) is -4.48. The lowest BCUT2D eigenvalue weighted by molar-refractivity contribution is -0.145. The van der Waals surface area contributed by atoms with Gasteiger partial charge in [0.05, 0.1) is 23.4 Å². The van der Waals surface area contributed by atoms with Crippen LogP contribution in [0.2, 0.25) is 5.02 Å². The van der Waals surface area contributed by atoms with Crippen molar-refractivity contribution in [3.8, 4) is 11.5 Å². The van der Waals surface area contributed by atoms with Gasteiger partial charge in [-0.3, -0.25) is 9.69 Å². The van der Waals surface area contributed by atoms with Gasteiger partial charge in [0.1, 0.15) is 0 Å². The van der Waals surface area contributed by atoms with E-state index in [1.165, 1.54) is 7.11 Å². The maximum Gasteiger partial charge on any atom is 0.449 e. The minimum atomic E-state index is -4.69. The van der Waals surface area contributed by atoms with Crippen LogP contribution in [0.4, 0.5) is 13.2 Å². The van der Waals surface area contributed by atoms with Crippen LogP contribution < -0.4 is 10.3 Å². The van der Waals surface area contributed by atoms with Gasteiger partial charge in [0.15, 0.2) is 11.5 Å². The molecule has 10 heteroatoms. The van der Waals surface area contributed by atoms with Gasteiger partial charge in [-0.25, -0.2) is 4.98 Å². The molecule has 0 amide bonds. The summed E-state index contributed by atoms with van der Waals surface area (Å²) in [6, 6.07) is 3.25. The number of hydrogen-bond donors (Lipinski definition) is 2. The van der Waals surface area contributed by atoms with Crippen molar-refractivity contribution in [2.24, 2.45) is 0 Å². The Bertz CT molecular complexity index is 899. The van der Waals surface area contributed by atoms with Crippen molar-refractivity contribution in [2.75, 3.05) is 13.7 Å². The van der Waals surface area contributed by atoms with Gasteiger partial charge in [0.25, 0.3) is 5.56 Å². The lowest BCUT2D eigenvalue weighted by Gasteiger charge is -2.28. The van der Waals surface area contributed by atoms with Gasteiger partial charge >= 0.3 is 6.18 Å².